The quantitative estimate of drug-likeness (QED) is 0.514. The standard InChI is InChI=1S/C22H24N2O5S/c1-5-29-21(25)17-18(13-9-7-6-8-10-13)23-22(30)24-19(17)14-11-15(26-2)20(28-4)16(12-14)27-3/h6-12,19H,5H2,1-4H3,(H2,23,24,30)/t19-/m0/s1. The van der Waals surface area contributed by atoms with Gasteiger partial charge in [-0.05, 0) is 42.4 Å². The molecule has 7 nitrogen and oxygen atoms in total. The fraction of sp³-hybridized carbons (Fsp3) is 0.273. The highest BCUT2D eigenvalue weighted by atomic mass is 32.1. The van der Waals surface area contributed by atoms with Gasteiger partial charge in [-0.1, -0.05) is 30.3 Å². The summed E-state index contributed by atoms with van der Waals surface area (Å²) >= 11 is 5.44. The van der Waals surface area contributed by atoms with Crippen molar-refractivity contribution in [2.24, 2.45) is 0 Å². The second kappa shape index (κ2) is 9.49. The summed E-state index contributed by atoms with van der Waals surface area (Å²) in [4.78, 5) is 13.0. The molecule has 0 spiro atoms. The Kier molecular flexibility index (Phi) is 6.79. The van der Waals surface area contributed by atoms with Crippen LogP contribution in [0.1, 0.15) is 24.1 Å². The van der Waals surface area contributed by atoms with Crippen LogP contribution >= 0.6 is 12.2 Å². The molecule has 1 aliphatic heterocycles. The Balaban J connectivity index is 2.23. The van der Waals surface area contributed by atoms with E-state index in [9.17, 15) is 4.79 Å². The van der Waals surface area contributed by atoms with Gasteiger partial charge in [0.1, 0.15) is 0 Å². The van der Waals surface area contributed by atoms with Crippen molar-refractivity contribution in [3.63, 3.8) is 0 Å². The maximum absolute atomic E-state index is 13.0. The van der Waals surface area contributed by atoms with Gasteiger partial charge in [-0.3, -0.25) is 0 Å². The molecule has 0 radical (unpaired) electrons. The molecule has 8 heteroatoms. The average Bonchev–Trinajstić information content (AvgIpc) is 2.78. The number of hydrogen-bond acceptors (Lipinski definition) is 6. The highest BCUT2D eigenvalue weighted by Gasteiger charge is 2.34. The van der Waals surface area contributed by atoms with E-state index >= 15 is 0 Å². The van der Waals surface area contributed by atoms with Crippen molar-refractivity contribution in [3.8, 4) is 17.2 Å². The van der Waals surface area contributed by atoms with Crippen molar-refractivity contribution >= 4 is 29.0 Å². The summed E-state index contributed by atoms with van der Waals surface area (Å²) < 4.78 is 21.7. The zero-order valence-corrected chi connectivity index (χ0v) is 18.1. The molecule has 2 aromatic rings. The molecule has 1 aliphatic rings. The molecule has 0 bridgehead atoms. The molecule has 0 aromatic heterocycles. The van der Waals surface area contributed by atoms with E-state index in [1.165, 1.54) is 7.11 Å². The van der Waals surface area contributed by atoms with Crippen LogP contribution in [-0.4, -0.2) is 39.0 Å². The van der Waals surface area contributed by atoms with E-state index in [1.807, 2.05) is 30.3 Å². The Hall–Kier alpha value is -3.26. The number of hydrogen-bond donors (Lipinski definition) is 2. The Bertz CT molecular complexity index is 950. The van der Waals surface area contributed by atoms with E-state index in [2.05, 4.69) is 10.6 Å². The largest absolute Gasteiger partial charge is 0.493 e. The fourth-order valence-corrected chi connectivity index (χ4v) is 3.56. The number of esters is 1. The van der Waals surface area contributed by atoms with Crippen molar-refractivity contribution in [1.29, 1.82) is 0 Å². The van der Waals surface area contributed by atoms with Crippen LogP contribution in [0.2, 0.25) is 0 Å². The van der Waals surface area contributed by atoms with Crippen LogP contribution in [0.15, 0.2) is 48.0 Å². The maximum Gasteiger partial charge on any atom is 0.338 e. The van der Waals surface area contributed by atoms with Crippen LogP contribution in [0.4, 0.5) is 0 Å². The van der Waals surface area contributed by atoms with Crippen LogP contribution in [0.5, 0.6) is 17.2 Å². The molecule has 1 atom stereocenters. The second-order valence-corrected chi connectivity index (χ2v) is 6.77. The molecular formula is C22H24N2O5S. The van der Waals surface area contributed by atoms with E-state index in [0.717, 1.165) is 5.56 Å². The van der Waals surface area contributed by atoms with Crippen LogP contribution < -0.4 is 24.8 Å². The lowest BCUT2D eigenvalue weighted by molar-refractivity contribution is -0.138. The number of thiocarbonyl (C=S) groups is 1. The minimum atomic E-state index is -0.582. The van der Waals surface area contributed by atoms with Gasteiger partial charge < -0.3 is 29.6 Å². The van der Waals surface area contributed by atoms with Gasteiger partial charge in [0.05, 0.1) is 45.2 Å². The van der Waals surface area contributed by atoms with Crippen molar-refractivity contribution in [1.82, 2.24) is 10.6 Å². The number of rotatable bonds is 7. The first-order valence-corrected chi connectivity index (χ1v) is 9.78. The monoisotopic (exact) mass is 428 g/mol. The minimum Gasteiger partial charge on any atom is -0.493 e. The molecule has 0 saturated heterocycles. The first-order chi connectivity index (χ1) is 14.5. The van der Waals surface area contributed by atoms with Gasteiger partial charge in [0.2, 0.25) is 5.75 Å². The summed E-state index contributed by atoms with van der Waals surface area (Å²) in [5, 5.41) is 6.67. The van der Waals surface area contributed by atoms with Gasteiger partial charge in [0.25, 0.3) is 0 Å². The lowest BCUT2D eigenvalue weighted by Crippen LogP contribution is -2.45. The number of ether oxygens (including phenoxy) is 4. The summed E-state index contributed by atoms with van der Waals surface area (Å²) in [5.74, 6) is 0.966. The summed E-state index contributed by atoms with van der Waals surface area (Å²) in [6, 6.07) is 12.5. The summed E-state index contributed by atoms with van der Waals surface area (Å²) in [7, 11) is 4.62. The summed E-state index contributed by atoms with van der Waals surface area (Å²) in [6.07, 6.45) is 0. The molecule has 0 saturated carbocycles. The van der Waals surface area contributed by atoms with Crippen molar-refractivity contribution in [2.75, 3.05) is 27.9 Å². The van der Waals surface area contributed by atoms with Crippen LogP contribution in [-0.2, 0) is 9.53 Å². The molecule has 0 amide bonds. The van der Waals surface area contributed by atoms with Gasteiger partial charge in [0.15, 0.2) is 16.6 Å². The lowest BCUT2D eigenvalue weighted by Gasteiger charge is -2.31. The zero-order chi connectivity index (χ0) is 21.7. The normalized spacial score (nSPS) is 15.7. The minimum absolute atomic E-state index is 0.247. The molecule has 0 fully saturated rings. The van der Waals surface area contributed by atoms with Gasteiger partial charge in [0, 0.05) is 0 Å². The van der Waals surface area contributed by atoms with Crippen molar-refractivity contribution in [2.45, 2.75) is 13.0 Å². The predicted molar refractivity (Wildman–Crippen MR) is 118 cm³/mol. The molecule has 0 aliphatic carbocycles. The van der Waals surface area contributed by atoms with Crippen molar-refractivity contribution in [3.05, 3.63) is 59.2 Å². The molecule has 1 heterocycles. The molecule has 3 rings (SSSR count). The highest BCUT2D eigenvalue weighted by molar-refractivity contribution is 7.80. The Morgan fingerprint density at radius 2 is 1.67 bits per heavy atom. The van der Waals surface area contributed by atoms with Crippen LogP contribution in [0.3, 0.4) is 0 Å². The smallest absolute Gasteiger partial charge is 0.338 e. The van der Waals surface area contributed by atoms with Gasteiger partial charge >= 0.3 is 5.97 Å². The van der Waals surface area contributed by atoms with E-state index in [1.54, 1.807) is 33.3 Å². The third-order valence-corrected chi connectivity index (χ3v) is 4.87. The topological polar surface area (TPSA) is 78.1 Å². The van der Waals surface area contributed by atoms with E-state index in [-0.39, 0.29) is 6.61 Å². The molecular weight excluding hydrogens is 404 g/mol. The maximum atomic E-state index is 13.0. The van der Waals surface area contributed by atoms with Gasteiger partial charge in [-0.2, -0.15) is 0 Å². The number of benzene rings is 2. The number of carbonyl (C=O) groups excluding carboxylic acids is 1. The fourth-order valence-electron chi connectivity index (χ4n) is 3.34. The van der Waals surface area contributed by atoms with Crippen LogP contribution in [0, 0.1) is 0 Å². The molecule has 30 heavy (non-hydrogen) atoms. The Labute approximate surface area is 181 Å². The van der Waals surface area contributed by atoms with Crippen LogP contribution in [0.25, 0.3) is 5.70 Å². The summed E-state index contributed by atoms with van der Waals surface area (Å²) in [6.45, 7) is 2.01. The summed E-state index contributed by atoms with van der Waals surface area (Å²) in [5.41, 5.74) is 2.54. The Morgan fingerprint density at radius 3 is 2.20 bits per heavy atom. The van der Waals surface area contributed by atoms with Gasteiger partial charge in [-0.25, -0.2) is 4.79 Å². The average molecular weight is 429 g/mol. The predicted octanol–water partition coefficient (Wildman–Crippen LogP) is 3.21. The molecule has 0 unspecified atom stereocenters. The molecule has 2 aromatic carbocycles. The van der Waals surface area contributed by atoms with E-state index < -0.39 is 12.0 Å². The second-order valence-electron chi connectivity index (χ2n) is 6.37. The van der Waals surface area contributed by atoms with E-state index in [4.69, 9.17) is 31.2 Å². The molecule has 158 valence electrons. The zero-order valence-electron chi connectivity index (χ0n) is 17.3. The number of carbonyl (C=O) groups is 1. The van der Waals surface area contributed by atoms with Gasteiger partial charge in [-0.15, -0.1) is 0 Å². The first kappa shape index (κ1) is 21.4. The third kappa shape index (κ3) is 4.18. The first-order valence-electron chi connectivity index (χ1n) is 9.38. The number of nitrogens with one attached hydrogen (secondary N) is 2. The third-order valence-electron chi connectivity index (χ3n) is 4.65. The SMILES string of the molecule is CCOC(=O)C1=C(c2ccccc2)NC(=S)N[C@H]1c1cc(OC)c(OC)c(OC)c1. The number of methoxy groups -OCH3 is 3. The Morgan fingerprint density at radius 1 is 1.03 bits per heavy atom. The molecule has 2 N–H and O–H groups in total. The van der Waals surface area contributed by atoms with E-state index in [0.29, 0.717) is 39.2 Å². The lowest BCUT2D eigenvalue weighted by atomic mass is 9.92. The van der Waals surface area contributed by atoms with Crippen molar-refractivity contribution < 1.29 is 23.7 Å². The highest BCUT2D eigenvalue weighted by Crippen LogP contribution is 2.42.